The molecule has 0 bridgehead atoms. The van der Waals surface area contributed by atoms with Gasteiger partial charge in [-0.1, -0.05) is 18.9 Å². The van der Waals surface area contributed by atoms with E-state index in [1.807, 2.05) is 13.0 Å². The Labute approximate surface area is 109 Å². The maximum Gasteiger partial charge on any atom is 0.144 e. The molecule has 2 aliphatic rings. The van der Waals surface area contributed by atoms with E-state index in [1.165, 1.54) is 31.4 Å². The highest BCUT2D eigenvalue weighted by atomic mass is 16.5. The van der Waals surface area contributed by atoms with Gasteiger partial charge >= 0.3 is 0 Å². The molecule has 18 heavy (non-hydrogen) atoms. The molecule has 2 N–H and O–H groups in total. The summed E-state index contributed by atoms with van der Waals surface area (Å²) >= 11 is 0. The molecule has 1 saturated carbocycles. The number of rotatable bonds is 2. The molecule has 0 saturated heterocycles. The summed E-state index contributed by atoms with van der Waals surface area (Å²) in [6.45, 7) is 3.81. The summed E-state index contributed by atoms with van der Waals surface area (Å²) in [6, 6.07) is 6.90. The molecular weight excluding hydrogens is 224 g/mol. The Morgan fingerprint density at radius 3 is 3.06 bits per heavy atom. The number of benzene rings is 1. The lowest BCUT2D eigenvalue weighted by Crippen LogP contribution is -2.34. The smallest absolute Gasteiger partial charge is 0.144 e. The molecule has 1 aromatic carbocycles. The maximum absolute atomic E-state index is 5.71. The van der Waals surface area contributed by atoms with E-state index in [-0.39, 0.29) is 0 Å². The highest BCUT2D eigenvalue weighted by molar-refractivity contribution is 5.76. The molecular formula is C15H22N2O. The molecule has 1 aliphatic heterocycles. The highest BCUT2D eigenvalue weighted by Crippen LogP contribution is 2.38. The van der Waals surface area contributed by atoms with Crippen molar-refractivity contribution in [2.45, 2.75) is 38.6 Å². The summed E-state index contributed by atoms with van der Waals surface area (Å²) in [6.07, 6.45) is 5.36. The third-order valence-corrected chi connectivity index (χ3v) is 4.12. The Kier molecular flexibility index (Phi) is 3.31. The van der Waals surface area contributed by atoms with Crippen molar-refractivity contribution >= 4 is 11.4 Å². The number of hydrogen-bond acceptors (Lipinski definition) is 3. The van der Waals surface area contributed by atoms with Crippen LogP contribution in [0.5, 0.6) is 5.75 Å². The summed E-state index contributed by atoms with van der Waals surface area (Å²) in [7, 11) is 0. The SMILES string of the molecule is CCOc1cccc2c1NCC1CCCCC1N2. The van der Waals surface area contributed by atoms with Crippen LogP contribution in [0.25, 0.3) is 0 Å². The molecule has 3 nitrogen and oxygen atoms in total. The van der Waals surface area contributed by atoms with Gasteiger partial charge in [0.2, 0.25) is 0 Å². The highest BCUT2D eigenvalue weighted by Gasteiger charge is 2.28. The molecule has 0 radical (unpaired) electrons. The summed E-state index contributed by atoms with van der Waals surface area (Å²) in [5, 5.41) is 7.31. The van der Waals surface area contributed by atoms with Crippen LogP contribution in [0.1, 0.15) is 32.6 Å². The Hall–Kier alpha value is -1.38. The fourth-order valence-corrected chi connectivity index (χ4v) is 3.18. The molecule has 3 rings (SSSR count). The van der Waals surface area contributed by atoms with Crippen LogP contribution in [-0.4, -0.2) is 19.2 Å². The van der Waals surface area contributed by atoms with Gasteiger partial charge in [0.05, 0.1) is 12.3 Å². The molecule has 3 heteroatoms. The molecule has 1 fully saturated rings. The van der Waals surface area contributed by atoms with Gasteiger partial charge in [0.15, 0.2) is 0 Å². The fourth-order valence-electron chi connectivity index (χ4n) is 3.18. The first-order chi connectivity index (χ1) is 8.88. The zero-order chi connectivity index (χ0) is 12.4. The third-order valence-electron chi connectivity index (χ3n) is 4.12. The van der Waals surface area contributed by atoms with Crippen molar-refractivity contribution in [1.29, 1.82) is 0 Å². The van der Waals surface area contributed by atoms with Crippen LogP contribution in [-0.2, 0) is 0 Å². The Balaban J connectivity index is 1.89. The van der Waals surface area contributed by atoms with Gasteiger partial charge in [-0.3, -0.25) is 0 Å². The van der Waals surface area contributed by atoms with Crippen molar-refractivity contribution in [1.82, 2.24) is 0 Å². The van der Waals surface area contributed by atoms with Gasteiger partial charge in [0.25, 0.3) is 0 Å². The maximum atomic E-state index is 5.71. The van der Waals surface area contributed by atoms with Gasteiger partial charge in [-0.05, 0) is 37.8 Å². The van der Waals surface area contributed by atoms with E-state index in [1.54, 1.807) is 0 Å². The standard InChI is InChI=1S/C15H22N2O/c1-2-18-14-9-5-8-13-15(14)16-10-11-6-3-4-7-12(11)17-13/h5,8-9,11-12,16-17H,2-4,6-7,10H2,1H3. The normalized spacial score (nSPS) is 26.1. The number of nitrogens with one attached hydrogen (secondary N) is 2. The van der Waals surface area contributed by atoms with Crippen LogP contribution in [0, 0.1) is 5.92 Å². The van der Waals surface area contributed by atoms with Crippen molar-refractivity contribution < 1.29 is 4.74 Å². The minimum atomic E-state index is 0.629. The molecule has 0 aromatic heterocycles. The summed E-state index contributed by atoms with van der Waals surface area (Å²) in [4.78, 5) is 0. The average Bonchev–Trinajstić information content (AvgIpc) is 2.58. The number of para-hydroxylation sites is 1. The van der Waals surface area contributed by atoms with Crippen LogP contribution in [0.3, 0.4) is 0 Å². The molecule has 1 aromatic rings. The largest absolute Gasteiger partial charge is 0.492 e. The zero-order valence-electron chi connectivity index (χ0n) is 11.0. The van der Waals surface area contributed by atoms with Gasteiger partial charge < -0.3 is 15.4 Å². The minimum Gasteiger partial charge on any atom is -0.492 e. The van der Waals surface area contributed by atoms with Crippen molar-refractivity contribution in [3.8, 4) is 5.75 Å². The average molecular weight is 246 g/mol. The number of hydrogen-bond donors (Lipinski definition) is 2. The van der Waals surface area contributed by atoms with Gasteiger partial charge in [-0.15, -0.1) is 0 Å². The number of fused-ring (bicyclic) bond motifs is 2. The van der Waals surface area contributed by atoms with E-state index in [0.29, 0.717) is 12.6 Å². The topological polar surface area (TPSA) is 33.3 Å². The molecule has 2 atom stereocenters. The van der Waals surface area contributed by atoms with Gasteiger partial charge in [0, 0.05) is 12.6 Å². The summed E-state index contributed by atoms with van der Waals surface area (Å²) < 4.78 is 5.71. The fraction of sp³-hybridized carbons (Fsp3) is 0.600. The predicted octanol–water partition coefficient (Wildman–Crippen LogP) is 3.48. The van der Waals surface area contributed by atoms with E-state index in [9.17, 15) is 0 Å². The lowest BCUT2D eigenvalue weighted by Gasteiger charge is -2.30. The monoisotopic (exact) mass is 246 g/mol. The molecule has 0 spiro atoms. The first-order valence-corrected chi connectivity index (χ1v) is 7.14. The molecule has 0 amide bonds. The third kappa shape index (κ3) is 2.14. The van der Waals surface area contributed by atoms with Crippen molar-refractivity contribution in [2.75, 3.05) is 23.8 Å². The van der Waals surface area contributed by atoms with Gasteiger partial charge in [-0.25, -0.2) is 0 Å². The van der Waals surface area contributed by atoms with Crippen LogP contribution in [0.2, 0.25) is 0 Å². The second-order valence-corrected chi connectivity index (χ2v) is 5.29. The second kappa shape index (κ2) is 5.09. The Morgan fingerprint density at radius 1 is 1.28 bits per heavy atom. The quantitative estimate of drug-likeness (QED) is 0.838. The van der Waals surface area contributed by atoms with E-state index in [0.717, 1.165) is 23.9 Å². The van der Waals surface area contributed by atoms with Crippen molar-refractivity contribution in [2.24, 2.45) is 5.92 Å². The van der Waals surface area contributed by atoms with Gasteiger partial charge in [-0.2, -0.15) is 0 Å². The summed E-state index contributed by atoms with van der Waals surface area (Å²) in [5.74, 6) is 1.72. The van der Waals surface area contributed by atoms with E-state index >= 15 is 0 Å². The van der Waals surface area contributed by atoms with E-state index in [2.05, 4.69) is 22.8 Å². The van der Waals surface area contributed by atoms with Crippen LogP contribution < -0.4 is 15.4 Å². The van der Waals surface area contributed by atoms with E-state index in [4.69, 9.17) is 4.74 Å². The zero-order valence-corrected chi connectivity index (χ0v) is 11.0. The first-order valence-electron chi connectivity index (χ1n) is 7.14. The molecule has 2 unspecified atom stereocenters. The van der Waals surface area contributed by atoms with Gasteiger partial charge in [0.1, 0.15) is 11.4 Å². The van der Waals surface area contributed by atoms with Crippen molar-refractivity contribution in [3.63, 3.8) is 0 Å². The van der Waals surface area contributed by atoms with E-state index < -0.39 is 0 Å². The second-order valence-electron chi connectivity index (χ2n) is 5.29. The Bertz CT molecular complexity index is 419. The molecule has 1 aliphatic carbocycles. The van der Waals surface area contributed by atoms with Crippen molar-refractivity contribution in [3.05, 3.63) is 18.2 Å². The number of ether oxygens (including phenoxy) is 1. The molecule has 1 heterocycles. The van der Waals surface area contributed by atoms with Crippen LogP contribution in [0.15, 0.2) is 18.2 Å². The van der Waals surface area contributed by atoms with Crippen LogP contribution >= 0.6 is 0 Å². The lowest BCUT2D eigenvalue weighted by molar-refractivity contribution is 0.338. The molecule has 98 valence electrons. The lowest BCUT2D eigenvalue weighted by atomic mass is 9.84. The van der Waals surface area contributed by atoms with Crippen LogP contribution in [0.4, 0.5) is 11.4 Å². The predicted molar refractivity (Wildman–Crippen MR) is 75.5 cm³/mol. The minimum absolute atomic E-state index is 0.629. The first kappa shape index (κ1) is 11.7. The summed E-state index contributed by atoms with van der Waals surface area (Å²) in [5.41, 5.74) is 2.35. The number of anilines is 2. The Morgan fingerprint density at radius 2 is 2.17 bits per heavy atom.